The molecule has 0 amide bonds. The van der Waals surface area contributed by atoms with Crippen molar-refractivity contribution in [1.82, 2.24) is 10.6 Å². The maximum atomic E-state index is 14.9. The van der Waals surface area contributed by atoms with Gasteiger partial charge in [-0.25, -0.2) is 8.78 Å². The topological polar surface area (TPSA) is 33.3 Å². The standard InChI is InChI=1S/C21H28F4N2O/c1-2-3-4-5-12-28-21-19(24)17(22)16(18(23)20(21)25)15(13-8-6-10-26-13)14-9-7-11-27-14/h13,26-27H,2-12H2,1H3/b15-14+. The molecule has 2 fully saturated rings. The van der Waals surface area contributed by atoms with Gasteiger partial charge >= 0.3 is 0 Å². The predicted molar refractivity (Wildman–Crippen MR) is 101 cm³/mol. The van der Waals surface area contributed by atoms with Crippen molar-refractivity contribution in [2.75, 3.05) is 19.7 Å². The fourth-order valence-electron chi connectivity index (χ4n) is 3.97. The first-order valence-electron chi connectivity index (χ1n) is 10.3. The molecule has 2 N–H and O–H groups in total. The Balaban J connectivity index is 1.96. The molecule has 2 aliphatic heterocycles. The Hall–Kier alpha value is -1.76. The van der Waals surface area contributed by atoms with E-state index in [1.807, 2.05) is 6.92 Å². The summed E-state index contributed by atoms with van der Waals surface area (Å²) in [5.41, 5.74) is 0.346. The SMILES string of the molecule is CCCCCCOc1c(F)c(F)c(/C(=C2\CCCN2)C2CCCN2)c(F)c1F. The van der Waals surface area contributed by atoms with Crippen LogP contribution in [0.15, 0.2) is 5.70 Å². The van der Waals surface area contributed by atoms with Crippen molar-refractivity contribution in [3.05, 3.63) is 34.5 Å². The summed E-state index contributed by atoms with van der Waals surface area (Å²) in [5.74, 6) is -6.64. The van der Waals surface area contributed by atoms with Crippen LogP contribution >= 0.6 is 0 Å². The zero-order valence-electron chi connectivity index (χ0n) is 16.3. The second kappa shape index (κ2) is 9.63. The number of ether oxygens (including phenoxy) is 1. The van der Waals surface area contributed by atoms with E-state index < -0.39 is 34.6 Å². The lowest BCUT2D eigenvalue weighted by atomic mass is 9.93. The Labute approximate surface area is 163 Å². The summed E-state index contributed by atoms with van der Waals surface area (Å²) in [4.78, 5) is 0. The molecule has 1 atom stereocenters. The van der Waals surface area contributed by atoms with Crippen LogP contribution in [-0.4, -0.2) is 25.7 Å². The summed E-state index contributed by atoms with van der Waals surface area (Å²) in [7, 11) is 0. The Morgan fingerprint density at radius 3 is 2.29 bits per heavy atom. The second-order valence-electron chi connectivity index (χ2n) is 7.44. The van der Waals surface area contributed by atoms with Gasteiger partial charge in [0, 0.05) is 23.9 Å². The molecule has 3 nitrogen and oxygen atoms in total. The van der Waals surface area contributed by atoms with Gasteiger partial charge in [-0.15, -0.1) is 0 Å². The van der Waals surface area contributed by atoms with E-state index in [2.05, 4.69) is 10.6 Å². The first-order chi connectivity index (χ1) is 13.6. The Kier molecular flexibility index (Phi) is 7.21. The van der Waals surface area contributed by atoms with Gasteiger partial charge < -0.3 is 15.4 Å². The van der Waals surface area contributed by atoms with Crippen molar-refractivity contribution in [2.24, 2.45) is 0 Å². The van der Waals surface area contributed by atoms with Gasteiger partial charge in [0.2, 0.25) is 11.6 Å². The van der Waals surface area contributed by atoms with Crippen molar-refractivity contribution in [2.45, 2.75) is 64.3 Å². The highest BCUT2D eigenvalue weighted by atomic mass is 19.2. The number of allylic oxidation sites excluding steroid dienone is 1. The number of unbranched alkanes of at least 4 members (excludes halogenated alkanes) is 3. The number of rotatable bonds is 8. The van der Waals surface area contributed by atoms with Crippen LogP contribution in [0.5, 0.6) is 5.75 Å². The highest BCUT2D eigenvalue weighted by Crippen LogP contribution is 2.38. The fraction of sp³-hybridized carbons (Fsp3) is 0.619. The van der Waals surface area contributed by atoms with E-state index in [4.69, 9.17) is 4.74 Å². The third-order valence-electron chi connectivity index (χ3n) is 5.41. The normalized spacial score (nSPS) is 21.1. The maximum absolute atomic E-state index is 14.9. The van der Waals surface area contributed by atoms with Crippen LogP contribution in [0.3, 0.4) is 0 Å². The zero-order chi connectivity index (χ0) is 20.1. The van der Waals surface area contributed by atoms with E-state index in [1.54, 1.807) is 0 Å². The molecule has 0 spiro atoms. The van der Waals surface area contributed by atoms with Crippen LogP contribution in [0.4, 0.5) is 17.6 Å². The molecule has 2 saturated heterocycles. The summed E-state index contributed by atoms with van der Waals surface area (Å²) in [6.45, 7) is 3.44. The van der Waals surface area contributed by atoms with E-state index in [0.29, 0.717) is 43.6 Å². The highest BCUT2D eigenvalue weighted by molar-refractivity contribution is 5.74. The first kappa shape index (κ1) is 21.0. The summed E-state index contributed by atoms with van der Waals surface area (Å²) >= 11 is 0. The quantitative estimate of drug-likeness (QED) is 0.364. The monoisotopic (exact) mass is 400 g/mol. The van der Waals surface area contributed by atoms with Crippen LogP contribution in [-0.2, 0) is 0 Å². The minimum absolute atomic E-state index is 0.0196. The zero-order valence-corrected chi connectivity index (χ0v) is 16.3. The Morgan fingerprint density at radius 1 is 0.964 bits per heavy atom. The average Bonchev–Trinajstić information content (AvgIpc) is 3.40. The van der Waals surface area contributed by atoms with Crippen molar-refractivity contribution < 1.29 is 22.3 Å². The number of halogens is 4. The van der Waals surface area contributed by atoms with Crippen molar-refractivity contribution in [3.8, 4) is 5.75 Å². The van der Waals surface area contributed by atoms with Gasteiger partial charge in [0.1, 0.15) is 0 Å². The number of hydrogen-bond donors (Lipinski definition) is 2. The van der Waals surface area contributed by atoms with E-state index in [1.165, 1.54) is 0 Å². The Bertz CT molecular complexity index is 693. The largest absolute Gasteiger partial charge is 0.487 e. The maximum Gasteiger partial charge on any atom is 0.204 e. The molecule has 0 saturated carbocycles. The average molecular weight is 400 g/mol. The molecule has 7 heteroatoms. The van der Waals surface area contributed by atoms with Gasteiger partial charge in [0.05, 0.1) is 12.2 Å². The molecule has 3 rings (SSSR count). The molecule has 0 aliphatic carbocycles. The van der Waals surface area contributed by atoms with Gasteiger partial charge in [0.15, 0.2) is 17.4 Å². The van der Waals surface area contributed by atoms with Gasteiger partial charge in [-0.1, -0.05) is 26.2 Å². The van der Waals surface area contributed by atoms with Gasteiger partial charge in [-0.05, 0) is 38.6 Å². The highest BCUT2D eigenvalue weighted by Gasteiger charge is 2.34. The van der Waals surface area contributed by atoms with Gasteiger partial charge in [-0.3, -0.25) is 0 Å². The van der Waals surface area contributed by atoms with E-state index in [9.17, 15) is 17.6 Å². The number of benzene rings is 1. The second-order valence-corrected chi connectivity index (χ2v) is 7.44. The minimum Gasteiger partial charge on any atom is -0.487 e. The molecule has 2 heterocycles. The van der Waals surface area contributed by atoms with Gasteiger partial charge in [0.25, 0.3) is 0 Å². The van der Waals surface area contributed by atoms with Crippen LogP contribution in [0.2, 0.25) is 0 Å². The lowest BCUT2D eigenvalue weighted by molar-refractivity contribution is 0.263. The molecule has 2 aliphatic rings. The smallest absolute Gasteiger partial charge is 0.204 e. The van der Waals surface area contributed by atoms with Crippen LogP contribution in [0, 0.1) is 23.3 Å². The lowest BCUT2D eigenvalue weighted by Crippen LogP contribution is -2.27. The van der Waals surface area contributed by atoms with Crippen molar-refractivity contribution in [1.29, 1.82) is 0 Å². The Morgan fingerprint density at radius 2 is 1.71 bits per heavy atom. The van der Waals surface area contributed by atoms with Crippen LogP contribution in [0.25, 0.3) is 5.57 Å². The lowest BCUT2D eigenvalue weighted by Gasteiger charge is -2.22. The van der Waals surface area contributed by atoms with E-state index >= 15 is 0 Å². The van der Waals surface area contributed by atoms with Crippen molar-refractivity contribution >= 4 is 5.57 Å². The molecule has 156 valence electrons. The first-order valence-corrected chi connectivity index (χ1v) is 10.3. The third kappa shape index (κ3) is 4.29. The molecule has 28 heavy (non-hydrogen) atoms. The summed E-state index contributed by atoms with van der Waals surface area (Å²) in [5, 5.41) is 6.31. The fourth-order valence-corrected chi connectivity index (χ4v) is 3.97. The molecular formula is C21H28F4N2O. The molecule has 1 aromatic carbocycles. The van der Waals surface area contributed by atoms with Gasteiger partial charge in [-0.2, -0.15) is 8.78 Å². The minimum atomic E-state index is -1.46. The number of nitrogens with one attached hydrogen (secondary N) is 2. The molecule has 0 radical (unpaired) electrons. The van der Waals surface area contributed by atoms with E-state index in [-0.39, 0.29) is 12.6 Å². The molecular weight excluding hydrogens is 372 g/mol. The van der Waals surface area contributed by atoms with Crippen LogP contribution < -0.4 is 15.4 Å². The number of hydrogen-bond acceptors (Lipinski definition) is 3. The van der Waals surface area contributed by atoms with E-state index in [0.717, 1.165) is 32.1 Å². The van der Waals surface area contributed by atoms with Crippen molar-refractivity contribution in [3.63, 3.8) is 0 Å². The van der Waals surface area contributed by atoms with Crippen LogP contribution in [0.1, 0.15) is 63.9 Å². The summed E-state index contributed by atoms with van der Waals surface area (Å²) in [6, 6.07) is -0.329. The molecule has 1 aromatic rings. The third-order valence-corrected chi connectivity index (χ3v) is 5.41. The predicted octanol–water partition coefficient (Wildman–Crippen LogP) is 5.05. The molecule has 0 bridgehead atoms. The molecule has 0 aromatic heterocycles. The summed E-state index contributed by atoms with van der Waals surface area (Å²) in [6.07, 6.45) is 6.30. The summed E-state index contributed by atoms with van der Waals surface area (Å²) < 4.78 is 64.2. The molecule has 1 unspecified atom stereocenters.